The summed E-state index contributed by atoms with van der Waals surface area (Å²) >= 11 is 0. The number of anilines is 1. The van der Waals surface area contributed by atoms with Crippen LogP contribution in [0.4, 0.5) is 5.82 Å². The third-order valence-corrected chi connectivity index (χ3v) is 11.5. The number of pyridine rings is 1. The lowest BCUT2D eigenvalue weighted by molar-refractivity contribution is 0.0992. The molecule has 0 saturated carbocycles. The number of rotatable bonds is 14. The van der Waals surface area contributed by atoms with Gasteiger partial charge in [0.25, 0.3) is 5.91 Å². The quantitative estimate of drug-likeness (QED) is 0.103. The summed E-state index contributed by atoms with van der Waals surface area (Å²) in [6.07, 6.45) is 0. The molecule has 0 saturated heterocycles. The predicted molar refractivity (Wildman–Crippen MR) is 247 cm³/mol. The van der Waals surface area contributed by atoms with E-state index < -0.39 is 17.0 Å². The largest absolute Gasteiger partial charge is 0.484 e. The average molecular weight is 836 g/mol. The highest BCUT2D eigenvalue weighted by molar-refractivity contribution is 5.91. The lowest BCUT2D eigenvalue weighted by atomic mass is 9.77. The van der Waals surface area contributed by atoms with E-state index in [-0.39, 0.29) is 18.0 Å². The van der Waals surface area contributed by atoms with Crippen molar-refractivity contribution in [3.8, 4) is 11.4 Å². The number of carbonyl (C=O) groups excluding carboxylic acids is 1. The fourth-order valence-corrected chi connectivity index (χ4v) is 8.60. The summed E-state index contributed by atoms with van der Waals surface area (Å²) in [6.45, 7) is -0.168. The number of ether oxygens (including phenoxy) is 1. The van der Waals surface area contributed by atoms with Crippen molar-refractivity contribution in [2.75, 3.05) is 5.32 Å². The van der Waals surface area contributed by atoms with Crippen LogP contribution in [0.25, 0.3) is 16.9 Å². The molecular formula is C53H41N9O2. The molecule has 3 N–H and O–H groups in total. The van der Waals surface area contributed by atoms with Crippen molar-refractivity contribution in [2.24, 2.45) is 5.73 Å². The molecule has 64 heavy (non-hydrogen) atoms. The summed E-state index contributed by atoms with van der Waals surface area (Å²) in [7, 11) is 0. The number of nitrogens with one attached hydrogen (secondary N) is 1. The number of amides is 1. The molecule has 310 valence electrons. The monoisotopic (exact) mass is 835 g/mol. The Morgan fingerprint density at radius 1 is 0.562 bits per heavy atom. The summed E-state index contributed by atoms with van der Waals surface area (Å²) in [5.74, 6) is 0.0778. The van der Waals surface area contributed by atoms with E-state index in [1.54, 1.807) is 0 Å². The second-order valence-corrected chi connectivity index (χ2v) is 15.2. The van der Waals surface area contributed by atoms with Crippen molar-refractivity contribution in [2.45, 2.75) is 17.7 Å². The van der Waals surface area contributed by atoms with Gasteiger partial charge in [-0.3, -0.25) is 4.79 Å². The van der Waals surface area contributed by atoms with Crippen LogP contribution in [0, 0.1) is 0 Å². The topological polar surface area (TPSA) is 139 Å². The molecule has 0 radical (unpaired) electrons. The van der Waals surface area contributed by atoms with Crippen LogP contribution in [0.3, 0.4) is 0 Å². The second-order valence-electron chi connectivity index (χ2n) is 15.2. The highest BCUT2D eigenvalue weighted by atomic mass is 16.5. The molecule has 0 aliphatic carbocycles. The maximum absolute atomic E-state index is 12.8. The molecule has 0 unspecified atom stereocenters. The van der Waals surface area contributed by atoms with E-state index in [0.717, 1.165) is 33.4 Å². The highest BCUT2D eigenvalue weighted by Gasteiger charge is 2.42. The Balaban J connectivity index is 1.23. The minimum absolute atomic E-state index is 0.0105. The maximum Gasteiger partial charge on any atom is 0.271 e. The average Bonchev–Trinajstić information content (AvgIpc) is 4.01. The van der Waals surface area contributed by atoms with Crippen LogP contribution in [0.5, 0.6) is 5.75 Å². The van der Waals surface area contributed by atoms with Gasteiger partial charge in [0.2, 0.25) is 0 Å². The van der Waals surface area contributed by atoms with E-state index in [2.05, 4.69) is 88.3 Å². The van der Waals surface area contributed by atoms with Crippen LogP contribution >= 0.6 is 0 Å². The van der Waals surface area contributed by atoms with Crippen molar-refractivity contribution in [3.05, 3.63) is 263 Å². The molecule has 0 spiro atoms. The minimum atomic E-state index is -1.06. The Hall–Kier alpha value is -8.70. The molecule has 3 heterocycles. The first-order valence-electron chi connectivity index (χ1n) is 20.9. The Kier molecular flexibility index (Phi) is 10.5. The highest BCUT2D eigenvalue weighted by Crippen LogP contribution is 2.44. The first kappa shape index (κ1) is 39.4. The summed E-state index contributed by atoms with van der Waals surface area (Å²) < 4.78 is 8.63. The van der Waals surface area contributed by atoms with Crippen LogP contribution in [-0.2, 0) is 17.7 Å². The van der Waals surface area contributed by atoms with E-state index >= 15 is 0 Å². The van der Waals surface area contributed by atoms with Crippen molar-refractivity contribution in [1.29, 1.82) is 0 Å². The normalized spacial score (nSPS) is 11.6. The zero-order chi connectivity index (χ0) is 43.4. The summed E-state index contributed by atoms with van der Waals surface area (Å²) in [6, 6.07) is 72.8. The molecular weight excluding hydrogens is 795 g/mol. The van der Waals surface area contributed by atoms with Gasteiger partial charge >= 0.3 is 0 Å². The predicted octanol–water partition coefficient (Wildman–Crippen LogP) is 9.33. The summed E-state index contributed by atoms with van der Waals surface area (Å²) in [5, 5.41) is 22.9. The SMILES string of the molecule is NC(=O)c1nn(-c2ccccc2)nc1COc1cc(NC(c2ccccc2)(c2ccccc2)c2ccccc2)nc2c1nnn2C(c1ccccc1)(c1ccccc1)c1ccccc1. The summed E-state index contributed by atoms with van der Waals surface area (Å²) in [4.78, 5) is 19.7. The van der Waals surface area contributed by atoms with Gasteiger partial charge in [-0.15, -0.1) is 15.3 Å². The van der Waals surface area contributed by atoms with Gasteiger partial charge < -0.3 is 15.8 Å². The first-order valence-corrected chi connectivity index (χ1v) is 20.9. The Morgan fingerprint density at radius 3 is 1.42 bits per heavy atom. The molecule has 0 bridgehead atoms. The lowest BCUT2D eigenvalue weighted by Gasteiger charge is -2.38. The fraction of sp³-hybridized carbons (Fsp3) is 0.0566. The number of nitrogens with two attached hydrogens (primary N) is 1. The Labute approximate surface area is 369 Å². The van der Waals surface area contributed by atoms with Gasteiger partial charge in [-0.1, -0.05) is 205 Å². The molecule has 1 amide bonds. The Bertz CT molecular complexity index is 2960. The number of hydrogen-bond acceptors (Lipinski definition) is 8. The number of carbonyl (C=O) groups is 1. The van der Waals surface area contributed by atoms with Crippen molar-refractivity contribution >= 4 is 22.9 Å². The number of primary amides is 1. The van der Waals surface area contributed by atoms with Crippen LogP contribution in [0.2, 0.25) is 0 Å². The van der Waals surface area contributed by atoms with Crippen LogP contribution in [0.15, 0.2) is 218 Å². The number of benzene rings is 7. The van der Waals surface area contributed by atoms with E-state index in [9.17, 15) is 4.79 Å². The number of nitrogens with zero attached hydrogens (tertiary/aromatic N) is 7. The number of para-hydroxylation sites is 1. The van der Waals surface area contributed by atoms with Gasteiger partial charge in [0.15, 0.2) is 22.6 Å². The third kappa shape index (κ3) is 7.00. The van der Waals surface area contributed by atoms with E-state index in [4.69, 9.17) is 25.8 Å². The molecule has 0 atom stereocenters. The molecule has 0 aliphatic heterocycles. The second kappa shape index (κ2) is 17.0. The van der Waals surface area contributed by atoms with E-state index in [1.807, 2.05) is 150 Å². The fourth-order valence-electron chi connectivity index (χ4n) is 8.60. The standard InChI is InChI=1S/C53H41N9O2/c54-50(63)48-45(58-62(59-48)44-34-20-7-21-35-44)37-64-46-36-47(56-52(38-22-8-1-9-23-38,39-24-10-2-11-25-39)40-26-12-3-13-27-40)55-51-49(46)57-60-61(51)53(41-28-14-4-15-29-41,42-30-16-5-17-31-42)43-32-18-6-19-33-43/h1-36H,37H2,(H2,54,63)(H,55,56). The zero-order valence-electron chi connectivity index (χ0n) is 34.5. The van der Waals surface area contributed by atoms with Crippen molar-refractivity contribution < 1.29 is 9.53 Å². The van der Waals surface area contributed by atoms with Gasteiger partial charge in [0.1, 0.15) is 29.2 Å². The van der Waals surface area contributed by atoms with Gasteiger partial charge in [0.05, 0.1) is 5.69 Å². The van der Waals surface area contributed by atoms with E-state index in [0.29, 0.717) is 28.4 Å². The van der Waals surface area contributed by atoms with Crippen molar-refractivity contribution in [1.82, 2.24) is 35.0 Å². The van der Waals surface area contributed by atoms with Crippen LogP contribution in [0.1, 0.15) is 49.6 Å². The molecule has 10 aromatic rings. The molecule has 0 fully saturated rings. The molecule has 11 nitrogen and oxygen atoms in total. The molecule has 7 aromatic carbocycles. The van der Waals surface area contributed by atoms with Gasteiger partial charge in [-0.25, -0.2) is 9.67 Å². The van der Waals surface area contributed by atoms with E-state index in [1.165, 1.54) is 4.80 Å². The number of fused-ring (bicyclic) bond motifs is 1. The van der Waals surface area contributed by atoms with Crippen molar-refractivity contribution in [3.63, 3.8) is 0 Å². The summed E-state index contributed by atoms with van der Waals surface area (Å²) in [5.41, 5.74) is 11.4. The number of hydrogen-bond donors (Lipinski definition) is 2. The zero-order valence-corrected chi connectivity index (χ0v) is 34.5. The van der Waals surface area contributed by atoms with Gasteiger partial charge in [-0.2, -0.15) is 4.80 Å². The molecule has 0 aliphatic rings. The smallest absolute Gasteiger partial charge is 0.271 e. The maximum atomic E-state index is 12.8. The van der Waals surface area contributed by atoms with Crippen LogP contribution < -0.4 is 15.8 Å². The minimum Gasteiger partial charge on any atom is -0.484 e. The molecule has 3 aromatic heterocycles. The molecule has 11 heteroatoms. The lowest BCUT2D eigenvalue weighted by Crippen LogP contribution is -2.39. The first-order chi connectivity index (χ1) is 31.6. The third-order valence-electron chi connectivity index (χ3n) is 11.5. The number of aromatic nitrogens is 7. The molecule has 10 rings (SSSR count). The van der Waals surface area contributed by atoms with Crippen LogP contribution in [-0.4, -0.2) is 40.9 Å². The van der Waals surface area contributed by atoms with Gasteiger partial charge in [0, 0.05) is 6.07 Å². The Morgan fingerprint density at radius 2 is 0.984 bits per heavy atom. The van der Waals surface area contributed by atoms with Gasteiger partial charge in [-0.05, 0) is 45.5 Å².